The molecule has 0 atom stereocenters. The minimum absolute atomic E-state index is 0.701. The molecule has 1 aromatic carbocycles. The number of para-hydroxylation sites is 1. The van der Waals surface area contributed by atoms with E-state index in [0.29, 0.717) is 5.82 Å². The van der Waals surface area contributed by atoms with Gasteiger partial charge in [-0.25, -0.2) is 4.98 Å². The monoisotopic (exact) mass is 263 g/mol. The van der Waals surface area contributed by atoms with Crippen molar-refractivity contribution in [3.8, 4) is 0 Å². The first-order valence-corrected chi connectivity index (χ1v) is 6.25. The second-order valence-electron chi connectivity index (χ2n) is 4.29. The lowest BCUT2D eigenvalue weighted by molar-refractivity contribution is 1.16. The van der Waals surface area contributed by atoms with E-state index in [9.17, 15) is 0 Å². The molecule has 5 heteroatoms. The Morgan fingerprint density at radius 2 is 2.00 bits per heavy atom. The average Bonchev–Trinajstić information content (AvgIpc) is 2.53. The Balaban J connectivity index is 1.83. The van der Waals surface area contributed by atoms with Crippen LogP contribution in [0.15, 0.2) is 60.1 Å². The topological polar surface area (TPSA) is 63.1 Å². The Morgan fingerprint density at radius 1 is 1.10 bits per heavy atom. The summed E-state index contributed by atoms with van der Waals surface area (Å²) in [6.45, 7) is 1.87. The van der Waals surface area contributed by atoms with Crippen LogP contribution < -0.4 is 5.43 Å². The molecule has 0 spiro atoms. The van der Waals surface area contributed by atoms with Gasteiger partial charge in [0.05, 0.1) is 17.4 Å². The normalized spacial score (nSPS) is 11.6. The fraction of sp³-hybridized carbons (Fsp3) is 0.0667. The van der Waals surface area contributed by atoms with Crippen LogP contribution in [0.3, 0.4) is 0 Å². The van der Waals surface area contributed by atoms with E-state index < -0.39 is 0 Å². The second-order valence-corrected chi connectivity index (χ2v) is 4.29. The van der Waals surface area contributed by atoms with Crippen molar-refractivity contribution in [2.24, 2.45) is 5.10 Å². The predicted molar refractivity (Wildman–Crippen MR) is 79.6 cm³/mol. The molecular weight excluding hydrogens is 250 g/mol. The third kappa shape index (κ3) is 2.61. The van der Waals surface area contributed by atoms with Crippen LogP contribution in [-0.4, -0.2) is 20.7 Å². The number of nitrogens with zero attached hydrogens (tertiary/aromatic N) is 4. The zero-order valence-corrected chi connectivity index (χ0v) is 11.0. The molecule has 1 N–H and O–H groups in total. The van der Waals surface area contributed by atoms with Crippen LogP contribution in [0.4, 0.5) is 5.82 Å². The molecule has 0 saturated heterocycles. The lowest BCUT2D eigenvalue weighted by Gasteiger charge is -2.03. The maximum atomic E-state index is 4.49. The largest absolute Gasteiger partial charge is 0.261 e. The van der Waals surface area contributed by atoms with Gasteiger partial charge in [0.25, 0.3) is 0 Å². The Morgan fingerprint density at radius 3 is 2.85 bits per heavy atom. The number of hydrogen-bond donors (Lipinski definition) is 1. The maximum absolute atomic E-state index is 4.49. The quantitative estimate of drug-likeness (QED) is 0.583. The molecule has 3 aromatic rings. The van der Waals surface area contributed by atoms with Crippen molar-refractivity contribution in [3.63, 3.8) is 0 Å². The number of anilines is 1. The van der Waals surface area contributed by atoms with Crippen LogP contribution in [0.1, 0.15) is 12.6 Å². The van der Waals surface area contributed by atoms with Crippen molar-refractivity contribution in [2.45, 2.75) is 6.92 Å². The maximum Gasteiger partial charge on any atom is 0.146 e. The molecule has 3 rings (SSSR count). The fourth-order valence-corrected chi connectivity index (χ4v) is 1.81. The van der Waals surface area contributed by atoms with Crippen LogP contribution in [0, 0.1) is 0 Å². The molecule has 0 aliphatic rings. The molecule has 0 amide bonds. The van der Waals surface area contributed by atoms with Gasteiger partial charge in [-0.15, -0.1) is 0 Å². The summed E-state index contributed by atoms with van der Waals surface area (Å²) in [7, 11) is 0. The Kier molecular flexibility index (Phi) is 3.33. The van der Waals surface area contributed by atoms with Gasteiger partial charge in [-0.3, -0.25) is 15.4 Å². The van der Waals surface area contributed by atoms with E-state index in [1.807, 2.05) is 43.3 Å². The van der Waals surface area contributed by atoms with E-state index in [0.717, 1.165) is 22.3 Å². The highest BCUT2D eigenvalue weighted by atomic mass is 15.3. The van der Waals surface area contributed by atoms with E-state index in [2.05, 4.69) is 25.5 Å². The van der Waals surface area contributed by atoms with Crippen LogP contribution in [-0.2, 0) is 0 Å². The summed E-state index contributed by atoms with van der Waals surface area (Å²) < 4.78 is 0. The molecule has 0 bridgehead atoms. The Bertz CT molecular complexity index is 752. The highest BCUT2D eigenvalue weighted by Crippen LogP contribution is 2.14. The first-order valence-electron chi connectivity index (χ1n) is 6.25. The molecule has 0 saturated carbocycles. The first kappa shape index (κ1) is 12.2. The summed E-state index contributed by atoms with van der Waals surface area (Å²) in [6, 6.07) is 11.9. The van der Waals surface area contributed by atoms with Gasteiger partial charge < -0.3 is 0 Å². The molecular formula is C15H13N5. The summed E-state index contributed by atoms with van der Waals surface area (Å²) in [5.41, 5.74) is 5.37. The number of nitrogens with one attached hydrogen (secondary N) is 1. The molecule has 0 fully saturated rings. The Hall–Kier alpha value is -2.82. The minimum Gasteiger partial charge on any atom is -0.261 e. The molecule has 0 unspecified atom stereocenters. The van der Waals surface area contributed by atoms with Gasteiger partial charge in [-0.2, -0.15) is 5.10 Å². The van der Waals surface area contributed by atoms with Gasteiger partial charge in [0.2, 0.25) is 0 Å². The van der Waals surface area contributed by atoms with Crippen LogP contribution in [0.25, 0.3) is 10.9 Å². The highest BCUT2D eigenvalue weighted by Gasteiger charge is 1.99. The number of benzene rings is 1. The van der Waals surface area contributed by atoms with E-state index in [1.54, 1.807) is 18.6 Å². The predicted octanol–water partition coefficient (Wildman–Crippen LogP) is 2.86. The zero-order chi connectivity index (χ0) is 13.8. The fourth-order valence-electron chi connectivity index (χ4n) is 1.81. The van der Waals surface area contributed by atoms with Gasteiger partial charge in [0.15, 0.2) is 0 Å². The molecule has 20 heavy (non-hydrogen) atoms. The van der Waals surface area contributed by atoms with Crippen molar-refractivity contribution in [1.82, 2.24) is 15.0 Å². The van der Waals surface area contributed by atoms with Gasteiger partial charge in [0, 0.05) is 17.8 Å². The summed E-state index contributed by atoms with van der Waals surface area (Å²) in [6.07, 6.45) is 4.95. The highest BCUT2D eigenvalue weighted by molar-refractivity contribution is 5.97. The smallest absolute Gasteiger partial charge is 0.146 e. The second kappa shape index (κ2) is 5.44. The van der Waals surface area contributed by atoms with Gasteiger partial charge in [-0.1, -0.05) is 18.2 Å². The molecule has 0 aliphatic heterocycles. The van der Waals surface area contributed by atoms with Crippen molar-refractivity contribution in [3.05, 3.63) is 60.7 Å². The third-order valence-corrected chi connectivity index (χ3v) is 2.87. The van der Waals surface area contributed by atoms with Crippen molar-refractivity contribution >= 4 is 22.4 Å². The molecule has 0 aliphatic carbocycles. The van der Waals surface area contributed by atoms with Crippen LogP contribution in [0.2, 0.25) is 0 Å². The van der Waals surface area contributed by atoms with Crippen molar-refractivity contribution in [2.75, 3.05) is 5.43 Å². The molecule has 2 aromatic heterocycles. The van der Waals surface area contributed by atoms with Gasteiger partial charge >= 0.3 is 0 Å². The number of aromatic nitrogens is 3. The Labute approximate surface area is 116 Å². The number of hydrogen-bond acceptors (Lipinski definition) is 5. The number of hydrazone groups is 1. The SMILES string of the molecule is CC(=NNc1ccc2ccccc2n1)c1cnccn1. The molecule has 5 nitrogen and oxygen atoms in total. The summed E-state index contributed by atoms with van der Waals surface area (Å²) in [5, 5.41) is 5.38. The molecule has 2 heterocycles. The van der Waals surface area contributed by atoms with E-state index in [1.165, 1.54) is 0 Å². The standard InChI is InChI=1S/C15H13N5/c1-11(14-10-16-8-9-17-14)19-20-15-7-6-12-4-2-3-5-13(12)18-15/h2-10H,1H3,(H,18,20). The summed E-state index contributed by atoms with van der Waals surface area (Å²) in [4.78, 5) is 12.7. The number of rotatable bonds is 3. The van der Waals surface area contributed by atoms with Gasteiger partial charge in [-0.05, 0) is 25.1 Å². The first-order chi connectivity index (χ1) is 9.83. The third-order valence-electron chi connectivity index (χ3n) is 2.87. The lowest BCUT2D eigenvalue weighted by atomic mass is 10.2. The minimum atomic E-state index is 0.701. The number of fused-ring (bicyclic) bond motifs is 1. The van der Waals surface area contributed by atoms with E-state index in [4.69, 9.17) is 0 Å². The van der Waals surface area contributed by atoms with E-state index >= 15 is 0 Å². The van der Waals surface area contributed by atoms with E-state index in [-0.39, 0.29) is 0 Å². The molecule has 0 radical (unpaired) electrons. The van der Waals surface area contributed by atoms with Gasteiger partial charge in [0.1, 0.15) is 11.5 Å². The average molecular weight is 263 g/mol. The van der Waals surface area contributed by atoms with Crippen LogP contribution >= 0.6 is 0 Å². The summed E-state index contributed by atoms with van der Waals surface area (Å²) in [5.74, 6) is 0.701. The lowest BCUT2D eigenvalue weighted by Crippen LogP contribution is -2.03. The van der Waals surface area contributed by atoms with Crippen LogP contribution in [0.5, 0.6) is 0 Å². The number of pyridine rings is 1. The van der Waals surface area contributed by atoms with Crippen molar-refractivity contribution < 1.29 is 0 Å². The van der Waals surface area contributed by atoms with Crippen molar-refractivity contribution in [1.29, 1.82) is 0 Å². The summed E-state index contributed by atoms with van der Waals surface area (Å²) >= 11 is 0. The zero-order valence-electron chi connectivity index (χ0n) is 11.0. The molecule has 98 valence electrons.